The average Bonchev–Trinajstić information content (AvgIpc) is 2.41. The first-order chi connectivity index (χ1) is 6.56. The van der Waals surface area contributed by atoms with Crippen LogP contribution in [0.2, 0.25) is 0 Å². The Morgan fingerprint density at radius 2 is 2.21 bits per heavy atom. The van der Waals surface area contributed by atoms with Gasteiger partial charge in [-0.25, -0.2) is 0 Å². The van der Waals surface area contributed by atoms with Gasteiger partial charge in [0.05, 0.1) is 0 Å². The molecule has 0 bridgehead atoms. The molecule has 0 aliphatic heterocycles. The summed E-state index contributed by atoms with van der Waals surface area (Å²) in [6.45, 7) is 3.71. The second-order valence-corrected chi connectivity index (χ2v) is 3.89. The first kappa shape index (κ1) is 10.5. The minimum atomic E-state index is 0.431. The molecule has 1 aromatic rings. The number of hydrogen-bond donors (Lipinski definition) is 1. The predicted octanol–water partition coefficient (Wildman–Crippen LogP) is 0.837. The van der Waals surface area contributed by atoms with Crippen LogP contribution in [0.3, 0.4) is 0 Å². The molecule has 0 aliphatic carbocycles. The molecule has 0 fully saturated rings. The molecule has 0 aliphatic rings. The van der Waals surface area contributed by atoms with Crippen LogP contribution in [0.25, 0.3) is 0 Å². The van der Waals surface area contributed by atoms with Crippen molar-refractivity contribution in [2.24, 2.45) is 17.3 Å². The summed E-state index contributed by atoms with van der Waals surface area (Å²) in [4.78, 5) is 1.09. The summed E-state index contributed by atoms with van der Waals surface area (Å²) in [6.07, 6.45) is 0. The second kappa shape index (κ2) is 4.07. The highest BCUT2D eigenvalue weighted by Crippen LogP contribution is 2.11. The molecule has 74 valence electrons. The third kappa shape index (κ3) is 2.00. The van der Waals surface area contributed by atoms with E-state index in [0.717, 1.165) is 5.71 Å². The van der Waals surface area contributed by atoms with Crippen LogP contribution in [-0.4, -0.2) is 10.3 Å². The predicted molar refractivity (Wildman–Crippen MR) is 56.8 cm³/mol. The molecule has 0 amide bonds. The van der Waals surface area contributed by atoms with Crippen LogP contribution in [0, 0.1) is 11.3 Å². The Labute approximate surface area is 85.8 Å². The van der Waals surface area contributed by atoms with Crippen molar-refractivity contribution in [1.29, 1.82) is 5.26 Å². The van der Waals surface area contributed by atoms with Gasteiger partial charge in [-0.05, 0) is 13.8 Å². The van der Waals surface area contributed by atoms with Crippen molar-refractivity contribution in [2.45, 2.75) is 13.8 Å². The van der Waals surface area contributed by atoms with Crippen LogP contribution in [0.5, 0.6) is 0 Å². The molecular weight excluding hydrogens is 198 g/mol. The van der Waals surface area contributed by atoms with Crippen molar-refractivity contribution in [3.8, 4) is 6.07 Å². The van der Waals surface area contributed by atoms with Gasteiger partial charge in [0.2, 0.25) is 4.80 Å². The normalized spacial score (nSPS) is 11.1. The van der Waals surface area contributed by atoms with Crippen molar-refractivity contribution in [3.63, 3.8) is 0 Å². The summed E-state index contributed by atoms with van der Waals surface area (Å²) in [7, 11) is 1.76. The molecular formula is C8H11N5S. The molecule has 1 heterocycles. The first-order valence-corrected chi connectivity index (χ1v) is 4.78. The number of nitriles is 1. The lowest BCUT2D eigenvalue weighted by molar-refractivity contribution is 0.865. The smallest absolute Gasteiger partial charge is 0.213 e. The van der Waals surface area contributed by atoms with Gasteiger partial charge in [0.15, 0.2) is 0 Å². The molecule has 0 saturated carbocycles. The van der Waals surface area contributed by atoms with E-state index in [9.17, 15) is 0 Å². The maximum absolute atomic E-state index is 8.72. The van der Waals surface area contributed by atoms with Crippen LogP contribution in [0.1, 0.15) is 18.7 Å². The molecule has 1 aromatic heterocycles. The fraction of sp³-hybridized carbons (Fsp3) is 0.375. The first-order valence-electron chi connectivity index (χ1n) is 3.96. The molecule has 0 spiro atoms. The number of nitrogen functional groups attached to an aromatic ring is 1. The minimum absolute atomic E-state index is 0.431. The second-order valence-electron chi connectivity index (χ2n) is 2.92. The maximum Gasteiger partial charge on any atom is 0.213 e. The van der Waals surface area contributed by atoms with Crippen LogP contribution in [0.15, 0.2) is 10.2 Å². The van der Waals surface area contributed by atoms with Crippen LogP contribution in [0.4, 0.5) is 5.82 Å². The van der Waals surface area contributed by atoms with Crippen molar-refractivity contribution < 1.29 is 0 Å². The Bertz CT molecular complexity index is 467. The number of nitrogens with two attached hydrogens (primary N) is 1. The van der Waals surface area contributed by atoms with E-state index in [0.29, 0.717) is 15.5 Å². The van der Waals surface area contributed by atoms with Gasteiger partial charge in [-0.15, -0.1) is 5.10 Å². The topological polar surface area (TPSA) is 79.5 Å². The molecule has 1 rings (SSSR count). The number of aromatic nitrogens is 1. The molecule has 0 unspecified atom stereocenters. The van der Waals surface area contributed by atoms with Gasteiger partial charge in [-0.2, -0.15) is 10.4 Å². The van der Waals surface area contributed by atoms with E-state index in [2.05, 4.69) is 10.2 Å². The fourth-order valence-corrected chi connectivity index (χ4v) is 1.56. The van der Waals surface area contributed by atoms with Gasteiger partial charge in [0, 0.05) is 12.8 Å². The number of hydrogen-bond acceptors (Lipinski definition) is 5. The third-order valence-corrected chi connectivity index (χ3v) is 2.55. The van der Waals surface area contributed by atoms with Crippen LogP contribution >= 0.6 is 11.3 Å². The Kier molecular flexibility index (Phi) is 3.04. The highest BCUT2D eigenvalue weighted by Gasteiger charge is 2.05. The molecule has 0 radical (unpaired) electrons. The lowest BCUT2D eigenvalue weighted by Crippen LogP contribution is -2.12. The van der Waals surface area contributed by atoms with Gasteiger partial charge >= 0.3 is 0 Å². The zero-order valence-electron chi connectivity index (χ0n) is 8.27. The van der Waals surface area contributed by atoms with Gasteiger partial charge in [0.1, 0.15) is 16.8 Å². The lowest BCUT2D eigenvalue weighted by atomic mass is 10.5. The average molecular weight is 209 g/mol. The number of thiazole rings is 1. The highest BCUT2D eigenvalue weighted by molar-refractivity contribution is 7.10. The zero-order chi connectivity index (χ0) is 10.7. The van der Waals surface area contributed by atoms with E-state index in [-0.39, 0.29) is 0 Å². The largest absolute Gasteiger partial charge is 0.383 e. The van der Waals surface area contributed by atoms with Crippen molar-refractivity contribution in [2.75, 3.05) is 5.73 Å². The monoisotopic (exact) mass is 209 g/mol. The van der Waals surface area contributed by atoms with Crippen molar-refractivity contribution >= 4 is 22.9 Å². The summed E-state index contributed by atoms with van der Waals surface area (Å²) >= 11 is 1.23. The SMILES string of the molecule is CC(C)=NN=c1sc(C#N)c(N)n1C. The van der Waals surface area contributed by atoms with Crippen LogP contribution < -0.4 is 10.5 Å². The lowest BCUT2D eigenvalue weighted by Gasteiger charge is -1.92. The van der Waals surface area contributed by atoms with E-state index in [1.165, 1.54) is 11.3 Å². The minimum Gasteiger partial charge on any atom is -0.383 e. The fourth-order valence-electron chi connectivity index (χ4n) is 0.778. The molecule has 0 saturated heterocycles. The van der Waals surface area contributed by atoms with Crippen LogP contribution in [-0.2, 0) is 7.05 Å². The van der Waals surface area contributed by atoms with E-state index in [1.807, 2.05) is 19.9 Å². The summed E-state index contributed by atoms with van der Waals surface area (Å²) in [6, 6.07) is 2.01. The molecule has 5 nitrogen and oxygen atoms in total. The van der Waals surface area contributed by atoms with Gasteiger partial charge in [-0.3, -0.25) is 0 Å². The Morgan fingerprint density at radius 1 is 1.57 bits per heavy atom. The zero-order valence-corrected chi connectivity index (χ0v) is 9.09. The summed E-state index contributed by atoms with van der Waals surface area (Å²) in [5.74, 6) is 0.431. The molecule has 0 aromatic carbocycles. The number of nitrogens with zero attached hydrogens (tertiary/aromatic N) is 4. The third-order valence-electron chi connectivity index (χ3n) is 1.51. The van der Waals surface area contributed by atoms with Gasteiger partial charge in [-0.1, -0.05) is 11.3 Å². The molecule has 6 heteroatoms. The number of rotatable bonds is 1. The maximum atomic E-state index is 8.72. The Balaban J connectivity index is 3.32. The summed E-state index contributed by atoms with van der Waals surface area (Å²) in [5.41, 5.74) is 6.52. The quantitative estimate of drug-likeness (QED) is 0.549. The molecule has 14 heavy (non-hydrogen) atoms. The summed E-state index contributed by atoms with van der Waals surface area (Å²) < 4.78 is 1.65. The Hall–Kier alpha value is -1.61. The van der Waals surface area contributed by atoms with Gasteiger partial charge in [0.25, 0.3) is 0 Å². The summed E-state index contributed by atoms with van der Waals surface area (Å²) in [5, 5.41) is 16.6. The van der Waals surface area contributed by atoms with E-state index in [1.54, 1.807) is 11.6 Å². The van der Waals surface area contributed by atoms with E-state index in [4.69, 9.17) is 11.0 Å². The van der Waals surface area contributed by atoms with Crippen molar-refractivity contribution in [1.82, 2.24) is 4.57 Å². The number of anilines is 1. The molecule has 0 atom stereocenters. The van der Waals surface area contributed by atoms with Crippen molar-refractivity contribution in [3.05, 3.63) is 9.68 Å². The standard InChI is InChI=1S/C8H11N5S/c1-5(2)11-12-8-13(3)7(10)6(4-9)14-8/h10H2,1-3H3. The van der Waals surface area contributed by atoms with E-state index < -0.39 is 0 Å². The highest BCUT2D eigenvalue weighted by atomic mass is 32.1. The molecule has 2 N–H and O–H groups in total. The van der Waals surface area contributed by atoms with Gasteiger partial charge < -0.3 is 10.3 Å². The van der Waals surface area contributed by atoms with E-state index >= 15 is 0 Å². The Morgan fingerprint density at radius 3 is 2.64 bits per heavy atom.